The number of rotatable bonds is 3. The highest BCUT2D eigenvalue weighted by Gasteiger charge is 2.39. The van der Waals surface area contributed by atoms with E-state index in [2.05, 4.69) is 42.9 Å². The highest BCUT2D eigenvalue weighted by atomic mass is 35.5. The minimum atomic E-state index is 0. The van der Waals surface area contributed by atoms with Crippen LogP contribution in [0, 0.1) is 18.8 Å². The molecule has 1 saturated carbocycles. The number of aryl methyl sites for hydroxylation is 1. The van der Waals surface area contributed by atoms with Gasteiger partial charge in [0.1, 0.15) is 0 Å². The lowest BCUT2D eigenvalue weighted by Crippen LogP contribution is -2.16. The van der Waals surface area contributed by atoms with Crippen LogP contribution in [-0.2, 0) is 0 Å². The summed E-state index contributed by atoms with van der Waals surface area (Å²) in [6.45, 7) is 3.30. The van der Waals surface area contributed by atoms with Gasteiger partial charge in [-0.2, -0.15) is 0 Å². The molecule has 0 amide bonds. The molecule has 0 aliphatic heterocycles. The van der Waals surface area contributed by atoms with Gasteiger partial charge >= 0.3 is 0 Å². The molecular formula is C18H22ClNS. The summed E-state index contributed by atoms with van der Waals surface area (Å²) in [6, 6.07) is 6.87. The smallest absolute Gasteiger partial charge is 0.0420 e. The maximum atomic E-state index is 3.39. The fourth-order valence-corrected chi connectivity index (χ4v) is 5.35. The summed E-state index contributed by atoms with van der Waals surface area (Å²) in [5.74, 6) is 1.66. The van der Waals surface area contributed by atoms with Gasteiger partial charge in [-0.05, 0) is 78.1 Å². The number of hydrogen-bond acceptors (Lipinski definition) is 2. The van der Waals surface area contributed by atoms with E-state index in [1.807, 2.05) is 11.3 Å². The average molecular weight is 320 g/mol. The van der Waals surface area contributed by atoms with Gasteiger partial charge in [0.2, 0.25) is 0 Å². The van der Waals surface area contributed by atoms with Gasteiger partial charge in [-0.3, -0.25) is 0 Å². The van der Waals surface area contributed by atoms with Crippen molar-refractivity contribution in [2.45, 2.75) is 26.2 Å². The molecule has 1 aromatic heterocycles. The highest BCUT2D eigenvalue weighted by Crippen LogP contribution is 2.53. The summed E-state index contributed by atoms with van der Waals surface area (Å²) in [7, 11) is 2.08. The van der Waals surface area contributed by atoms with Gasteiger partial charge < -0.3 is 5.32 Å². The average Bonchev–Trinajstić information content (AvgIpc) is 3.14. The second-order valence-electron chi connectivity index (χ2n) is 6.28. The SMILES string of the molecule is CNCC1=C(c2cccc3c(C)csc23)C2CCC1C2.Cl. The maximum Gasteiger partial charge on any atom is 0.0420 e. The molecule has 1 N–H and O–H groups in total. The van der Waals surface area contributed by atoms with Crippen LogP contribution >= 0.6 is 23.7 Å². The minimum Gasteiger partial charge on any atom is -0.316 e. The van der Waals surface area contributed by atoms with E-state index in [-0.39, 0.29) is 12.4 Å². The topological polar surface area (TPSA) is 12.0 Å². The van der Waals surface area contributed by atoms with Crippen molar-refractivity contribution >= 4 is 39.4 Å². The predicted octanol–water partition coefficient (Wildman–Crippen LogP) is 5.03. The molecule has 4 rings (SSSR count). The summed E-state index contributed by atoms with van der Waals surface area (Å²) in [6.07, 6.45) is 4.20. The minimum absolute atomic E-state index is 0. The fraction of sp³-hybridized carbons (Fsp3) is 0.444. The normalized spacial score (nSPS) is 23.9. The van der Waals surface area contributed by atoms with Crippen molar-refractivity contribution in [3.63, 3.8) is 0 Å². The van der Waals surface area contributed by atoms with Crippen LogP contribution in [0.25, 0.3) is 15.7 Å². The molecule has 3 heteroatoms. The van der Waals surface area contributed by atoms with E-state index in [1.54, 1.807) is 11.1 Å². The lowest BCUT2D eigenvalue weighted by molar-refractivity contribution is 0.627. The van der Waals surface area contributed by atoms with E-state index in [1.165, 1.54) is 40.5 Å². The molecule has 0 spiro atoms. The first-order valence-corrected chi connectivity index (χ1v) is 8.52. The van der Waals surface area contributed by atoms with E-state index in [9.17, 15) is 0 Å². The van der Waals surface area contributed by atoms with Crippen LogP contribution in [-0.4, -0.2) is 13.6 Å². The Bertz CT molecular complexity index is 700. The van der Waals surface area contributed by atoms with Crippen molar-refractivity contribution < 1.29 is 0 Å². The van der Waals surface area contributed by atoms with Crippen LogP contribution in [0.4, 0.5) is 0 Å². The van der Waals surface area contributed by atoms with Crippen molar-refractivity contribution in [3.8, 4) is 0 Å². The van der Waals surface area contributed by atoms with Gasteiger partial charge in [-0.1, -0.05) is 18.2 Å². The Morgan fingerprint density at radius 1 is 1.24 bits per heavy atom. The molecule has 2 aromatic rings. The number of allylic oxidation sites excluding steroid dienone is 1. The van der Waals surface area contributed by atoms with Crippen molar-refractivity contribution in [2.75, 3.05) is 13.6 Å². The van der Waals surface area contributed by atoms with Crippen molar-refractivity contribution in [1.29, 1.82) is 0 Å². The zero-order valence-corrected chi connectivity index (χ0v) is 14.2. The Morgan fingerprint density at radius 2 is 2.05 bits per heavy atom. The summed E-state index contributed by atoms with van der Waals surface area (Å²) >= 11 is 1.92. The van der Waals surface area contributed by atoms with Crippen molar-refractivity contribution in [2.24, 2.45) is 11.8 Å². The molecule has 112 valence electrons. The molecule has 2 atom stereocenters. The molecule has 21 heavy (non-hydrogen) atoms. The first kappa shape index (κ1) is 15.1. The highest BCUT2D eigenvalue weighted by molar-refractivity contribution is 7.17. The van der Waals surface area contributed by atoms with Crippen molar-refractivity contribution in [3.05, 3.63) is 40.3 Å². The Hall–Kier alpha value is -0.830. The quantitative estimate of drug-likeness (QED) is 0.836. The van der Waals surface area contributed by atoms with Crippen LogP contribution in [0.1, 0.15) is 30.4 Å². The molecule has 1 fully saturated rings. The molecule has 1 heterocycles. The standard InChI is InChI=1S/C18H21NS.ClH/c1-11-10-20-18-14(11)4-3-5-15(18)17-13-7-6-12(8-13)16(17)9-19-2;/h3-5,10,12-13,19H,6-9H2,1-2H3;1H. The van der Waals surface area contributed by atoms with Crippen molar-refractivity contribution in [1.82, 2.24) is 5.32 Å². The predicted molar refractivity (Wildman–Crippen MR) is 95.5 cm³/mol. The summed E-state index contributed by atoms with van der Waals surface area (Å²) < 4.78 is 1.50. The van der Waals surface area contributed by atoms with Crippen LogP contribution in [0.3, 0.4) is 0 Å². The zero-order valence-electron chi connectivity index (χ0n) is 12.6. The van der Waals surface area contributed by atoms with E-state index in [0.29, 0.717) is 0 Å². The molecule has 2 aliphatic carbocycles. The van der Waals surface area contributed by atoms with E-state index >= 15 is 0 Å². The number of nitrogens with one attached hydrogen (secondary N) is 1. The summed E-state index contributed by atoms with van der Waals surface area (Å²) in [5.41, 5.74) is 6.33. The zero-order chi connectivity index (χ0) is 13.7. The van der Waals surface area contributed by atoms with E-state index in [4.69, 9.17) is 0 Å². The summed E-state index contributed by atoms with van der Waals surface area (Å²) in [5, 5.41) is 7.15. The fourth-order valence-electron chi connectivity index (χ4n) is 4.26. The Labute approximate surface area is 136 Å². The molecule has 0 radical (unpaired) electrons. The molecule has 0 saturated heterocycles. The number of fused-ring (bicyclic) bond motifs is 3. The molecule has 2 bridgehead atoms. The van der Waals surface area contributed by atoms with Gasteiger partial charge in [0, 0.05) is 11.2 Å². The van der Waals surface area contributed by atoms with Gasteiger partial charge in [0.05, 0.1) is 0 Å². The van der Waals surface area contributed by atoms with Gasteiger partial charge in [-0.15, -0.1) is 23.7 Å². The number of hydrogen-bond donors (Lipinski definition) is 1. The van der Waals surface area contributed by atoms with E-state index in [0.717, 1.165) is 18.4 Å². The number of likely N-dealkylation sites (N-methyl/N-ethyl adjacent to an activating group) is 1. The summed E-state index contributed by atoms with van der Waals surface area (Å²) in [4.78, 5) is 0. The second-order valence-corrected chi connectivity index (χ2v) is 7.16. The Kier molecular flexibility index (Phi) is 4.13. The first-order chi connectivity index (χ1) is 9.79. The second kappa shape index (κ2) is 5.75. The molecule has 2 unspecified atom stereocenters. The third-order valence-corrected chi connectivity index (χ3v) is 6.28. The van der Waals surface area contributed by atoms with Crippen LogP contribution in [0.15, 0.2) is 29.2 Å². The third kappa shape index (κ3) is 2.25. The van der Waals surface area contributed by atoms with Gasteiger partial charge in [0.25, 0.3) is 0 Å². The molecule has 2 aliphatic rings. The van der Waals surface area contributed by atoms with Crippen LogP contribution in [0.2, 0.25) is 0 Å². The number of benzene rings is 1. The van der Waals surface area contributed by atoms with E-state index < -0.39 is 0 Å². The van der Waals surface area contributed by atoms with Crippen LogP contribution < -0.4 is 5.32 Å². The third-order valence-electron chi connectivity index (χ3n) is 5.13. The lowest BCUT2D eigenvalue weighted by atomic mass is 9.86. The first-order valence-electron chi connectivity index (χ1n) is 7.64. The maximum absolute atomic E-state index is 3.39. The molecule has 1 nitrogen and oxygen atoms in total. The Balaban J connectivity index is 0.00000132. The largest absolute Gasteiger partial charge is 0.316 e. The van der Waals surface area contributed by atoms with Gasteiger partial charge in [-0.25, -0.2) is 0 Å². The Morgan fingerprint density at radius 3 is 2.86 bits per heavy atom. The molecular weight excluding hydrogens is 298 g/mol. The number of halogens is 1. The van der Waals surface area contributed by atoms with Crippen LogP contribution in [0.5, 0.6) is 0 Å². The monoisotopic (exact) mass is 319 g/mol. The number of thiophene rings is 1. The lowest BCUT2D eigenvalue weighted by Gasteiger charge is -2.21. The molecule has 1 aromatic carbocycles. The van der Waals surface area contributed by atoms with Gasteiger partial charge in [0.15, 0.2) is 0 Å².